The lowest BCUT2D eigenvalue weighted by Gasteiger charge is -2.25. The average molecular weight is 448 g/mol. The monoisotopic (exact) mass is 448 g/mol. The highest BCUT2D eigenvalue weighted by atomic mass is 127. The summed E-state index contributed by atoms with van der Waals surface area (Å²) in [6.45, 7) is 7.36. The van der Waals surface area contributed by atoms with E-state index in [2.05, 4.69) is 59.3 Å². The number of aliphatic imine (C=N–C) groups is 1. The van der Waals surface area contributed by atoms with Gasteiger partial charge >= 0.3 is 0 Å². The largest absolute Gasteiger partial charge is 0.355 e. The van der Waals surface area contributed by atoms with Crippen molar-refractivity contribution in [1.82, 2.24) is 24.9 Å². The van der Waals surface area contributed by atoms with Crippen LogP contribution in [0.4, 0.5) is 0 Å². The molecule has 0 radical (unpaired) electrons. The molecule has 1 fully saturated rings. The number of likely N-dealkylation sites (tertiary alicyclic amines) is 1. The molecule has 1 atom stereocenters. The molecule has 7 heteroatoms. The standard InChI is InChI=1S/C17H32N6.HI/c1-13(2)16-14(12-23(6)20-16)11-22(5)17(18-3)19-10-15-8-7-9-21(15)4;/h12-13,15H,7-11H2,1-6H3,(H,18,19);1H. The minimum absolute atomic E-state index is 0. The van der Waals surface area contributed by atoms with Gasteiger partial charge in [0, 0.05) is 52.0 Å². The summed E-state index contributed by atoms with van der Waals surface area (Å²) >= 11 is 0. The first-order valence-electron chi connectivity index (χ1n) is 8.56. The molecular formula is C17H33IN6. The highest BCUT2D eigenvalue weighted by molar-refractivity contribution is 14.0. The Morgan fingerprint density at radius 2 is 2.17 bits per heavy atom. The lowest BCUT2D eigenvalue weighted by Crippen LogP contribution is -2.44. The second kappa shape index (κ2) is 9.60. The van der Waals surface area contributed by atoms with Crippen molar-refractivity contribution in [2.45, 2.75) is 45.2 Å². The Morgan fingerprint density at radius 3 is 2.71 bits per heavy atom. The number of aryl methyl sites for hydroxylation is 1. The van der Waals surface area contributed by atoms with Crippen LogP contribution in [0.15, 0.2) is 11.2 Å². The minimum Gasteiger partial charge on any atom is -0.355 e. The average Bonchev–Trinajstić information content (AvgIpc) is 3.06. The molecule has 1 aromatic rings. The van der Waals surface area contributed by atoms with Crippen LogP contribution in [-0.4, -0.2) is 65.8 Å². The first-order valence-corrected chi connectivity index (χ1v) is 8.56. The van der Waals surface area contributed by atoms with Gasteiger partial charge in [0.15, 0.2) is 5.96 Å². The SMILES string of the molecule is CN=C(NCC1CCCN1C)N(C)Cc1cn(C)nc1C(C)C.I. The van der Waals surface area contributed by atoms with E-state index in [0.29, 0.717) is 12.0 Å². The van der Waals surface area contributed by atoms with Crippen LogP contribution in [0.1, 0.15) is 43.9 Å². The van der Waals surface area contributed by atoms with E-state index in [1.807, 2.05) is 18.8 Å². The van der Waals surface area contributed by atoms with Crippen molar-refractivity contribution in [2.75, 3.05) is 34.2 Å². The molecule has 138 valence electrons. The summed E-state index contributed by atoms with van der Waals surface area (Å²) < 4.78 is 1.90. The molecule has 0 aliphatic carbocycles. The van der Waals surface area contributed by atoms with Gasteiger partial charge in [0.2, 0.25) is 0 Å². The van der Waals surface area contributed by atoms with Crippen molar-refractivity contribution in [3.05, 3.63) is 17.5 Å². The lowest BCUT2D eigenvalue weighted by molar-refractivity contribution is 0.306. The first-order chi connectivity index (χ1) is 10.9. The Balaban J connectivity index is 0.00000288. The van der Waals surface area contributed by atoms with E-state index in [1.54, 1.807) is 0 Å². The minimum atomic E-state index is 0. The molecule has 24 heavy (non-hydrogen) atoms. The number of hydrogen-bond donors (Lipinski definition) is 1. The van der Waals surface area contributed by atoms with Gasteiger partial charge in [-0.15, -0.1) is 24.0 Å². The third-order valence-electron chi connectivity index (χ3n) is 4.63. The van der Waals surface area contributed by atoms with E-state index in [1.165, 1.54) is 30.6 Å². The van der Waals surface area contributed by atoms with Gasteiger partial charge in [-0.3, -0.25) is 9.67 Å². The molecule has 6 nitrogen and oxygen atoms in total. The highest BCUT2D eigenvalue weighted by Gasteiger charge is 2.21. The molecule has 2 heterocycles. The fourth-order valence-corrected chi connectivity index (χ4v) is 3.32. The van der Waals surface area contributed by atoms with E-state index in [0.717, 1.165) is 19.0 Å². The molecule has 1 unspecified atom stereocenters. The van der Waals surface area contributed by atoms with Gasteiger partial charge in [-0.1, -0.05) is 13.8 Å². The van der Waals surface area contributed by atoms with E-state index in [9.17, 15) is 0 Å². The van der Waals surface area contributed by atoms with Crippen LogP contribution in [0.3, 0.4) is 0 Å². The predicted octanol–water partition coefficient (Wildman–Crippen LogP) is 2.26. The zero-order valence-electron chi connectivity index (χ0n) is 15.9. The predicted molar refractivity (Wildman–Crippen MR) is 111 cm³/mol. The van der Waals surface area contributed by atoms with Gasteiger partial charge in [0.1, 0.15) is 0 Å². The maximum atomic E-state index is 4.59. The van der Waals surface area contributed by atoms with Gasteiger partial charge in [0.05, 0.1) is 5.69 Å². The maximum absolute atomic E-state index is 4.59. The molecule has 0 spiro atoms. The van der Waals surface area contributed by atoms with Crippen LogP contribution < -0.4 is 5.32 Å². The lowest BCUT2D eigenvalue weighted by atomic mass is 10.1. The summed E-state index contributed by atoms with van der Waals surface area (Å²) in [6, 6.07) is 0.616. The van der Waals surface area contributed by atoms with Crippen molar-refractivity contribution in [1.29, 1.82) is 0 Å². The number of hydrogen-bond acceptors (Lipinski definition) is 3. The fourth-order valence-electron chi connectivity index (χ4n) is 3.32. The smallest absolute Gasteiger partial charge is 0.193 e. The third kappa shape index (κ3) is 5.34. The van der Waals surface area contributed by atoms with Gasteiger partial charge in [-0.25, -0.2) is 0 Å². The van der Waals surface area contributed by atoms with Crippen LogP contribution in [0, 0.1) is 0 Å². The van der Waals surface area contributed by atoms with Crippen molar-refractivity contribution in [3.63, 3.8) is 0 Å². The Labute approximate surface area is 163 Å². The quantitative estimate of drug-likeness (QED) is 0.427. The Morgan fingerprint density at radius 1 is 1.46 bits per heavy atom. The van der Waals surface area contributed by atoms with E-state index in [-0.39, 0.29) is 24.0 Å². The zero-order chi connectivity index (χ0) is 17.0. The Kier molecular flexibility index (Phi) is 8.49. The van der Waals surface area contributed by atoms with Crippen LogP contribution >= 0.6 is 24.0 Å². The normalized spacial score (nSPS) is 18.8. The molecule has 0 aromatic carbocycles. The number of likely N-dealkylation sites (N-methyl/N-ethyl adjacent to an activating group) is 1. The van der Waals surface area contributed by atoms with Gasteiger partial charge in [-0.05, 0) is 32.4 Å². The Hall–Kier alpha value is -0.830. The van der Waals surface area contributed by atoms with Gasteiger partial charge < -0.3 is 15.1 Å². The number of nitrogens with zero attached hydrogens (tertiary/aromatic N) is 5. The highest BCUT2D eigenvalue weighted by Crippen LogP contribution is 2.18. The third-order valence-corrected chi connectivity index (χ3v) is 4.63. The topological polar surface area (TPSA) is 48.7 Å². The van der Waals surface area contributed by atoms with Crippen LogP contribution in [0.5, 0.6) is 0 Å². The second-order valence-electron chi connectivity index (χ2n) is 6.93. The maximum Gasteiger partial charge on any atom is 0.193 e. The number of nitrogens with one attached hydrogen (secondary N) is 1. The van der Waals surface area contributed by atoms with E-state index >= 15 is 0 Å². The zero-order valence-corrected chi connectivity index (χ0v) is 18.2. The molecule has 0 bridgehead atoms. The van der Waals surface area contributed by atoms with Crippen molar-refractivity contribution < 1.29 is 0 Å². The summed E-state index contributed by atoms with van der Waals surface area (Å²) in [5.74, 6) is 1.38. The molecule has 1 N–H and O–H groups in total. The van der Waals surface area contributed by atoms with Crippen LogP contribution in [0.2, 0.25) is 0 Å². The summed E-state index contributed by atoms with van der Waals surface area (Å²) in [4.78, 5) is 9.04. The number of aromatic nitrogens is 2. The molecule has 2 rings (SSSR count). The number of halogens is 1. The summed E-state index contributed by atoms with van der Waals surface area (Å²) in [7, 11) is 8.13. The molecule has 1 aliphatic rings. The van der Waals surface area contributed by atoms with Crippen molar-refractivity contribution in [3.8, 4) is 0 Å². The van der Waals surface area contributed by atoms with Gasteiger partial charge in [-0.2, -0.15) is 5.10 Å². The summed E-state index contributed by atoms with van der Waals surface area (Å²) in [6.07, 6.45) is 4.68. The molecule has 1 aliphatic heterocycles. The molecular weight excluding hydrogens is 415 g/mol. The fraction of sp³-hybridized carbons (Fsp3) is 0.765. The van der Waals surface area contributed by atoms with Gasteiger partial charge in [0.25, 0.3) is 0 Å². The molecule has 1 saturated heterocycles. The first kappa shape index (κ1) is 21.2. The second-order valence-corrected chi connectivity index (χ2v) is 6.93. The van der Waals surface area contributed by atoms with Crippen molar-refractivity contribution in [2.24, 2.45) is 12.0 Å². The van der Waals surface area contributed by atoms with Crippen LogP contribution in [0.25, 0.3) is 0 Å². The Bertz CT molecular complexity index is 539. The molecule has 0 amide bonds. The van der Waals surface area contributed by atoms with Crippen molar-refractivity contribution >= 4 is 29.9 Å². The molecule has 0 saturated carbocycles. The summed E-state index contributed by atoms with van der Waals surface area (Å²) in [5, 5.41) is 8.11. The number of guanidine groups is 1. The van der Waals surface area contributed by atoms with Crippen LogP contribution in [-0.2, 0) is 13.6 Å². The summed E-state index contributed by atoms with van der Waals surface area (Å²) in [5.41, 5.74) is 2.44. The number of rotatable bonds is 5. The van der Waals surface area contributed by atoms with E-state index in [4.69, 9.17) is 0 Å². The molecule has 1 aromatic heterocycles. The van der Waals surface area contributed by atoms with E-state index < -0.39 is 0 Å².